The number of carbonyl (C=O) groups is 3. The standard InChI is InChI=1S/C22H20ClN3O5/c1-12(21(29)24-11-18(27)28)14-7-9-15(10-8-14)25-22(30)19-13(2)31-26-20(19)16-5-3-4-6-17(16)23/h3-10,12H,11H2,1-2H3,(H,24,29)(H,25,30)(H,27,28). The van der Waals surface area contributed by atoms with Gasteiger partial charge in [0.15, 0.2) is 0 Å². The molecular weight excluding hydrogens is 422 g/mol. The minimum absolute atomic E-state index is 0.276. The summed E-state index contributed by atoms with van der Waals surface area (Å²) in [5, 5.41) is 18.2. The van der Waals surface area contributed by atoms with Crippen molar-refractivity contribution in [3.05, 3.63) is 70.4 Å². The van der Waals surface area contributed by atoms with Gasteiger partial charge in [-0.3, -0.25) is 14.4 Å². The fraction of sp³-hybridized carbons (Fsp3) is 0.182. The first-order chi connectivity index (χ1) is 14.8. The van der Waals surface area contributed by atoms with E-state index in [1.807, 2.05) is 0 Å². The van der Waals surface area contributed by atoms with Crippen molar-refractivity contribution in [1.29, 1.82) is 0 Å². The zero-order chi connectivity index (χ0) is 22.5. The number of carboxylic acid groups (broad SMARTS) is 1. The van der Waals surface area contributed by atoms with Crippen LogP contribution in [-0.4, -0.2) is 34.6 Å². The third-order valence-electron chi connectivity index (χ3n) is 4.69. The number of aryl methyl sites for hydroxylation is 1. The van der Waals surface area contributed by atoms with E-state index in [2.05, 4.69) is 15.8 Å². The van der Waals surface area contributed by atoms with Crippen molar-refractivity contribution >= 4 is 35.1 Å². The molecule has 0 aliphatic heterocycles. The predicted octanol–water partition coefficient (Wildman–Crippen LogP) is 3.86. The first kappa shape index (κ1) is 22.0. The van der Waals surface area contributed by atoms with Gasteiger partial charge in [-0.15, -0.1) is 0 Å². The van der Waals surface area contributed by atoms with Crippen LogP contribution in [0.3, 0.4) is 0 Å². The number of benzene rings is 2. The van der Waals surface area contributed by atoms with E-state index in [4.69, 9.17) is 21.2 Å². The Morgan fingerprint density at radius 2 is 1.81 bits per heavy atom. The minimum atomic E-state index is -1.11. The number of aromatic nitrogens is 1. The van der Waals surface area contributed by atoms with Crippen LogP contribution in [0.1, 0.15) is 34.5 Å². The maximum Gasteiger partial charge on any atom is 0.322 e. The van der Waals surface area contributed by atoms with Crippen molar-refractivity contribution in [2.24, 2.45) is 0 Å². The van der Waals surface area contributed by atoms with Crippen LogP contribution in [0, 0.1) is 6.92 Å². The molecule has 0 saturated carbocycles. The summed E-state index contributed by atoms with van der Waals surface area (Å²) >= 11 is 6.24. The minimum Gasteiger partial charge on any atom is -0.480 e. The SMILES string of the molecule is Cc1onc(-c2ccccc2Cl)c1C(=O)Nc1ccc(C(C)C(=O)NCC(=O)O)cc1. The van der Waals surface area contributed by atoms with Crippen LogP contribution >= 0.6 is 11.6 Å². The molecule has 0 fully saturated rings. The fourth-order valence-corrected chi connectivity index (χ4v) is 3.22. The molecule has 160 valence electrons. The first-order valence-corrected chi connectivity index (χ1v) is 9.77. The van der Waals surface area contributed by atoms with Crippen LogP contribution in [0.2, 0.25) is 5.02 Å². The Bertz CT molecular complexity index is 1120. The average Bonchev–Trinajstić information content (AvgIpc) is 3.13. The van der Waals surface area contributed by atoms with Gasteiger partial charge in [0.05, 0.1) is 10.9 Å². The van der Waals surface area contributed by atoms with Crippen molar-refractivity contribution in [3.8, 4) is 11.3 Å². The molecule has 8 nitrogen and oxygen atoms in total. The van der Waals surface area contributed by atoms with Crippen LogP contribution in [0.4, 0.5) is 5.69 Å². The summed E-state index contributed by atoms with van der Waals surface area (Å²) in [6.45, 7) is 2.87. The number of hydrogen-bond acceptors (Lipinski definition) is 5. The van der Waals surface area contributed by atoms with Crippen molar-refractivity contribution in [2.75, 3.05) is 11.9 Å². The Hall–Kier alpha value is -3.65. The largest absolute Gasteiger partial charge is 0.480 e. The molecule has 0 saturated heterocycles. The van der Waals surface area contributed by atoms with E-state index in [-0.39, 0.29) is 5.56 Å². The number of nitrogens with zero attached hydrogens (tertiary/aromatic N) is 1. The monoisotopic (exact) mass is 441 g/mol. The first-order valence-electron chi connectivity index (χ1n) is 9.40. The van der Waals surface area contributed by atoms with Crippen molar-refractivity contribution in [1.82, 2.24) is 10.5 Å². The third-order valence-corrected chi connectivity index (χ3v) is 5.02. The zero-order valence-corrected chi connectivity index (χ0v) is 17.6. The number of hydrogen-bond donors (Lipinski definition) is 3. The molecular formula is C22H20ClN3O5. The summed E-state index contributed by atoms with van der Waals surface area (Å²) in [5.74, 6) is -2.11. The number of amides is 2. The quantitative estimate of drug-likeness (QED) is 0.511. The lowest BCUT2D eigenvalue weighted by Gasteiger charge is -2.12. The molecule has 0 radical (unpaired) electrons. The average molecular weight is 442 g/mol. The van der Waals surface area contributed by atoms with Gasteiger partial charge < -0.3 is 20.3 Å². The summed E-state index contributed by atoms with van der Waals surface area (Å²) in [4.78, 5) is 35.5. The second kappa shape index (κ2) is 9.44. The maximum atomic E-state index is 12.9. The lowest BCUT2D eigenvalue weighted by Crippen LogP contribution is -2.32. The van der Waals surface area contributed by atoms with Crippen LogP contribution in [0.25, 0.3) is 11.3 Å². The smallest absolute Gasteiger partial charge is 0.322 e. The van der Waals surface area contributed by atoms with Gasteiger partial charge in [-0.1, -0.05) is 47.1 Å². The van der Waals surface area contributed by atoms with E-state index in [0.717, 1.165) is 0 Å². The molecule has 3 aromatic rings. The lowest BCUT2D eigenvalue weighted by molar-refractivity contribution is -0.138. The molecule has 1 aromatic heterocycles. The Kier molecular flexibility index (Phi) is 6.71. The van der Waals surface area contributed by atoms with Crippen molar-refractivity contribution in [3.63, 3.8) is 0 Å². The number of anilines is 1. The number of nitrogens with one attached hydrogen (secondary N) is 2. The molecule has 0 bridgehead atoms. The van der Waals surface area contributed by atoms with Crippen LogP contribution < -0.4 is 10.6 Å². The molecule has 0 aliphatic rings. The Morgan fingerprint density at radius 3 is 2.45 bits per heavy atom. The van der Waals surface area contributed by atoms with Gasteiger partial charge in [-0.2, -0.15) is 0 Å². The molecule has 1 atom stereocenters. The molecule has 0 aliphatic carbocycles. The zero-order valence-electron chi connectivity index (χ0n) is 16.8. The molecule has 0 spiro atoms. The Labute approximate surface area is 183 Å². The van der Waals surface area contributed by atoms with E-state index in [1.54, 1.807) is 62.4 Å². The molecule has 1 heterocycles. The summed E-state index contributed by atoms with van der Waals surface area (Å²) in [7, 11) is 0. The third kappa shape index (κ3) is 5.10. The topological polar surface area (TPSA) is 122 Å². The van der Waals surface area contributed by atoms with Crippen molar-refractivity contribution < 1.29 is 24.0 Å². The van der Waals surface area contributed by atoms with Crippen LogP contribution in [0.15, 0.2) is 53.1 Å². The highest BCUT2D eigenvalue weighted by molar-refractivity contribution is 6.33. The molecule has 2 aromatic carbocycles. The summed E-state index contributed by atoms with van der Waals surface area (Å²) in [6, 6.07) is 13.7. The van der Waals surface area contributed by atoms with E-state index < -0.39 is 30.2 Å². The van der Waals surface area contributed by atoms with Gasteiger partial charge >= 0.3 is 5.97 Å². The number of rotatable bonds is 7. The Morgan fingerprint density at radius 1 is 1.13 bits per heavy atom. The van der Waals surface area contributed by atoms with Gasteiger partial charge in [0.25, 0.3) is 5.91 Å². The fourth-order valence-electron chi connectivity index (χ4n) is 2.99. The van der Waals surface area contributed by atoms with E-state index in [0.29, 0.717) is 33.3 Å². The highest BCUT2D eigenvalue weighted by Gasteiger charge is 2.23. The Balaban J connectivity index is 1.75. The van der Waals surface area contributed by atoms with Crippen LogP contribution in [-0.2, 0) is 9.59 Å². The number of halogens is 1. The summed E-state index contributed by atoms with van der Waals surface area (Å²) in [6.07, 6.45) is 0. The van der Waals surface area contributed by atoms with E-state index in [9.17, 15) is 14.4 Å². The number of carboxylic acids is 1. The van der Waals surface area contributed by atoms with E-state index in [1.165, 1.54) is 0 Å². The molecule has 3 N–H and O–H groups in total. The molecule has 2 amide bonds. The number of carbonyl (C=O) groups excluding carboxylic acids is 2. The predicted molar refractivity (Wildman–Crippen MR) is 115 cm³/mol. The van der Waals surface area contributed by atoms with Gasteiger partial charge in [-0.25, -0.2) is 0 Å². The molecule has 3 rings (SSSR count). The number of aliphatic carboxylic acids is 1. The molecule has 9 heteroatoms. The van der Waals surface area contributed by atoms with Crippen LogP contribution in [0.5, 0.6) is 0 Å². The van der Waals surface area contributed by atoms with Gasteiger partial charge in [-0.05, 0) is 37.6 Å². The van der Waals surface area contributed by atoms with E-state index >= 15 is 0 Å². The normalized spacial score (nSPS) is 11.6. The maximum absolute atomic E-state index is 12.9. The second-order valence-corrected chi connectivity index (χ2v) is 7.26. The highest BCUT2D eigenvalue weighted by Crippen LogP contribution is 2.31. The van der Waals surface area contributed by atoms with Gasteiger partial charge in [0, 0.05) is 11.3 Å². The van der Waals surface area contributed by atoms with Gasteiger partial charge in [0.1, 0.15) is 23.6 Å². The molecule has 31 heavy (non-hydrogen) atoms. The van der Waals surface area contributed by atoms with Gasteiger partial charge in [0.2, 0.25) is 5.91 Å². The summed E-state index contributed by atoms with van der Waals surface area (Å²) < 4.78 is 5.22. The lowest BCUT2D eigenvalue weighted by atomic mass is 10.00. The molecule has 1 unspecified atom stereocenters. The summed E-state index contributed by atoms with van der Waals surface area (Å²) in [5.41, 5.74) is 2.40. The highest BCUT2D eigenvalue weighted by atomic mass is 35.5. The second-order valence-electron chi connectivity index (χ2n) is 6.85. The van der Waals surface area contributed by atoms with Crippen molar-refractivity contribution in [2.45, 2.75) is 19.8 Å².